The Bertz CT molecular complexity index is 567. The van der Waals surface area contributed by atoms with Gasteiger partial charge in [0, 0.05) is 11.7 Å². The molecule has 0 spiro atoms. The quantitative estimate of drug-likeness (QED) is 0.895. The summed E-state index contributed by atoms with van der Waals surface area (Å²) in [5.74, 6) is 0. The number of nitrogens with one attached hydrogen (secondary N) is 1. The molecule has 1 aromatic heterocycles. The van der Waals surface area contributed by atoms with E-state index in [-0.39, 0.29) is 0 Å². The van der Waals surface area contributed by atoms with Crippen LogP contribution in [0.25, 0.3) is 5.69 Å². The molecule has 3 nitrogen and oxygen atoms in total. The molecular formula is C17H25N3. The van der Waals surface area contributed by atoms with Crippen LogP contribution in [-0.4, -0.2) is 16.3 Å². The summed E-state index contributed by atoms with van der Waals surface area (Å²) in [6.07, 6.45) is 1.10. The van der Waals surface area contributed by atoms with Crippen LogP contribution in [0.15, 0.2) is 24.3 Å². The highest BCUT2D eigenvalue weighted by Gasteiger charge is 2.11. The van der Waals surface area contributed by atoms with Crippen molar-refractivity contribution in [2.75, 3.05) is 6.54 Å². The second-order valence-corrected chi connectivity index (χ2v) is 5.32. The van der Waals surface area contributed by atoms with Crippen LogP contribution in [0.1, 0.15) is 48.8 Å². The number of aryl methyl sites for hydroxylation is 1. The van der Waals surface area contributed by atoms with E-state index in [4.69, 9.17) is 0 Å². The number of aromatic nitrogens is 2. The molecule has 1 atom stereocenters. The van der Waals surface area contributed by atoms with Crippen LogP contribution in [0.5, 0.6) is 0 Å². The lowest BCUT2D eigenvalue weighted by atomic mass is 10.0. The highest BCUT2D eigenvalue weighted by Crippen LogP contribution is 2.21. The predicted octanol–water partition coefficient (Wildman–Crippen LogP) is 3.86. The summed E-state index contributed by atoms with van der Waals surface area (Å²) in [5, 5.41) is 8.12. The fourth-order valence-corrected chi connectivity index (χ4v) is 2.56. The molecule has 0 aliphatic heterocycles. The van der Waals surface area contributed by atoms with E-state index < -0.39 is 0 Å². The summed E-state index contributed by atoms with van der Waals surface area (Å²) in [4.78, 5) is 0. The van der Waals surface area contributed by atoms with Gasteiger partial charge in [0.1, 0.15) is 0 Å². The first kappa shape index (κ1) is 14.8. The van der Waals surface area contributed by atoms with E-state index in [0.29, 0.717) is 6.04 Å². The van der Waals surface area contributed by atoms with Gasteiger partial charge in [-0.25, -0.2) is 4.68 Å². The fourth-order valence-electron chi connectivity index (χ4n) is 2.56. The molecule has 0 saturated carbocycles. The minimum atomic E-state index is 0.441. The molecule has 2 rings (SSSR count). The molecule has 2 aromatic rings. The van der Waals surface area contributed by atoms with Gasteiger partial charge in [0.2, 0.25) is 0 Å². The van der Waals surface area contributed by atoms with Gasteiger partial charge in [-0.1, -0.05) is 26.0 Å². The molecule has 0 fully saturated rings. The van der Waals surface area contributed by atoms with Crippen LogP contribution >= 0.6 is 0 Å². The van der Waals surface area contributed by atoms with E-state index in [1.54, 1.807) is 0 Å². The highest BCUT2D eigenvalue weighted by molar-refractivity contribution is 5.39. The van der Waals surface area contributed by atoms with Crippen molar-refractivity contribution >= 4 is 0 Å². The van der Waals surface area contributed by atoms with Gasteiger partial charge in [-0.3, -0.25) is 0 Å². The molecule has 3 heteroatoms. The average molecular weight is 271 g/mol. The average Bonchev–Trinajstić information content (AvgIpc) is 2.73. The van der Waals surface area contributed by atoms with E-state index in [9.17, 15) is 0 Å². The largest absolute Gasteiger partial charge is 0.310 e. The van der Waals surface area contributed by atoms with Crippen molar-refractivity contribution in [3.63, 3.8) is 0 Å². The monoisotopic (exact) mass is 271 g/mol. The maximum absolute atomic E-state index is 4.61. The second-order valence-electron chi connectivity index (χ2n) is 5.32. The van der Waals surface area contributed by atoms with Crippen molar-refractivity contribution < 1.29 is 0 Å². The smallest absolute Gasteiger partial charge is 0.0649 e. The molecule has 1 heterocycles. The molecule has 1 aromatic carbocycles. The number of benzene rings is 1. The SMILES string of the molecule is CCNC(CC)c1ccc(-n2nc(C)c(C)c2C)cc1. The third-order valence-corrected chi connectivity index (χ3v) is 4.05. The predicted molar refractivity (Wildman–Crippen MR) is 84.5 cm³/mol. The Morgan fingerprint density at radius 3 is 2.20 bits per heavy atom. The molecule has 1 unspecified atom stereocenters. The van der Waals surface area contributed by atoms with Crippen molar-refractivity contribution in [1.29, 1.82) is 0 Å². The van der Waals surface area contributed by atoms with Gasteiger partial charge < -0.3 is 5.32 Å². The molecule has 1 N–H and O–H groups in total. The van der Waals surface area contributed by atoms with Crippen LogP contribution < -0.4 is 5.32 Å². The van der Waals surface area contributed by atoms with E-state index in [0.717, 1.165) is 24.3 Å². The fraction of sp³-hybridized carbons (Fsp3) is 0.471. The Hall–Kier alpha value is -1.61. The molecular weight excluding hydrogens is 246 g/mol. The first-order valence-corrected chi connectivity index (χ1v) is 7.45. The van der Waals surface area contributed by atoms with Crippen molar-refractivity contribution in [1.82, 2.24) is 15.1 Å². The van der Waals surface area contributed by atoms with E-state index in [1.165, 1.54) is 16.8 Å². The van der Waals surface area contributed by atoms with Crippen LogP contribution in [0.4, 0.5) is 0 Å². The minimum Gasteiger partial charge on any atom is -0.310 e. The molecule has 0 radical (unpaired) electrons. The maximum atomic E-state index is 4.61. The van der Waals surface area contributed by atoms with Crippen molar-refractivity contribution in [2.45, 2.75) is 47.1 Å². The normalized spacial score (nSPS) is 12.7. The molecule has 20 heavy (non-hydrogen) atoms. The molecule has 0 aliphatic rings. The lowest BCUT2D eigenvalue weighted by Gasteiger charge is -2.16. The second kappa shape index (κ2) is 6.23. The molecule has 108 valence electrons. The molecule has 0 saturated heterocycles. The number of hydrogen-bond acceptors (Lipinski definition) is 2. The topological polar surface area (TPSA) is 29.9 Å². The minimum absolute atomic E-state index is 0.441. The van der Waals surface area contributed by atoms with E-state index in [2.05, 4.69) is 69.3 Å². The van der Waals surface area contributed by atoms with Crippen molar-refractivity contribution in [3.05, 3.63) is 46.8 Å². The van der Waals surface area contributed by atoms with Crippen LogP contribution in [0.2, 0.25) is 0 Å². The zero-order valence-electron chi connectivity index (χ0n) is 13.2. The molecule has 0 bridgehead atoms. The molecule has 0 amide bonds. The maximum Gasteiger partial charge on any atom is 0.0649 e. The summed E-state index contributed by atoms with van der Waals surface area (Å²) in [5.41, 5.74) is 6.07. The summed E-state index contributed by atoms with van der Waals surface area (Å²) in [6.45, 7) is 11.7. The van der Waals surface area contributed by atoms with Crippen LogP contribution in [0.3, 0.4) is 0 Å². The molecule has 0 aliphatic carbocycles. The number of hydrogen-bond donors (Lipinski definition) is 1. The van der Waals surface area contributed by atoms with Gasteiger partial charge in [-0.2, -0.15) is 5.10 Å². The van der Waals surface area contributed by atoms with Gasteiger partial charge in [0.15, 0.2) is 0 Å². The van der Waals surface area contributed by atoms with Gasteiger partial charge >= 0.3 is 0 Å². The summed E-state index contributed by atoms with van der Waals surface area (Å²) >= 11 is 0. The lowest BCUT2D eigenvalue weighted by molar-refractivity contribution is 0.537. The zero-order chi connectivity index (χ0) is 14.7. The first-order valence-electron chi connectivity index (χ1n) is 7.45. The Morgan fingerprint density at radius 2 is 1.75 bits per heavy atom. The summed E-state index contributed by atoms with van der Waals surface area (Å²) < 4.78 is 2.03. The Labute approximate surface area is 122 Å². The first-order chi connectivity index (χ1) is 9.58. The van der Waals surface area contributed by atoms with Gasteiger partial charge in [0.05, 0.1) is 11.4 Å². The number of nitrogens with zero attached hydrogens (tertiary/aromatic N) is 2. The van der Waals surface area contributed by atoms with Crippen LogP contribution in [0, 0.1) is 20.8 Å². The zero-order valence-corrected chi connectivity index (χ0v) is 13.2. The summed E-state index contributed by atoms with van der Waals surface area (Å²) in [6, 6.07) is 9.18. The third kappa shape index (κ3) is 2.78. The highest BCUT2D eigenvalue weighted by atomic mass is 15.3. The van der Waals surface area contributed by atoms with Crippen molar-refractivity contribution in [3.8, 4) is 5.69 Å². The van der Waals surface area contributed by atoms with Gasteiger partial charge in [-0.05, 0) is 57.0 Å². The Balaban J connectivity index is 2.30. The van der Waals surface area contributed by atoms with Gasteiger partial charge in [0.25, 0.3) is 0 Å². The summed E-state index contributed by atoms with van der Waals surface area (Å²) in [7, 11) is 0. The Kier molecular flexibility index (Phi) is 4.61. The van der Waals surface area contributed by atoms with Crippen LogP contribution in [-0.2, 0) is 0 Å². The van der Waals surface area contributed by atoms with Gasteiger partial charge in [-0.15, -0.1) is 0 Å². The standard InChI is InChI=1S/C17H25N3/c1-6-17(18-7-2)15-8-10-16(11-9-15)20-14(5)12(3)13(4)19-20/h8-11,17-18H,6-7H2,1-5H3. The Morgan fingerprint density at radius 1 is 1.10 bits per heavy atom. The third-order valence-electron chi connectivity index (χ3n) is 4.05. The lowest BCUT2D eigenvalue weighted by Crippen LogP contribution is -2.20. The van der Waals surface area contributed by atoms with E-state index >= 15 is 0 Å². The van der Waals surface area contributed by atoms with E-state index in [1.807, 2.05) is 4.68 Å². The van der Waals surface area contributed by atoms with Crippen molar-refractivity contribution in [2.24, 2.45) is 0 Å². The number of rotatable bonds is 5.